The molecular weight excluding hydrogens is 327 g/mol. The van der Waals surface area contributed by atoms with Gasteiger partial charge in [-0.25, -0.2) is 0 Å². The van der Waals surface area contributed by atoms with Gasteiger partial charge < -0.3 is 0 Å². The first-order valence-corrected chi connectivity index (χ1v) is 7.16. The van der Waals surface area contributed by atoms with Crippen LogP contribution in [0.25, 0.3) is 0 Å². The Bertz CT molecular complexity index is 507. The van der Waals surface area contributed by atoms with Crippen molar-refractivity contribution < 1.29 is 0 Å². The Kier molecular flexibility index (Phi) is 3.96. The van der Waals surface area contributed by atoms with Gasteiger partial charge in [-0.3, -0.25) is 0 Å². The molecule has 1 atom stereocenters. The Hall–Kier alpha value is -0.0200. The minimum Gasteiger partial charge on any atom is -0.127 e. The van der Waals surface area contributed by atoms with Crippen molar-refractivity contribution in [3.63, 3.8) is 0 Å². The largest absolute Gasteiger partial charge is 0.127 e. The topological polar surface area (TPSA) is 0 Å². The van der Waals surface area contributed by atoms with Gasteiger partial charge >= 0.3 is 0 Å². The maximum Gasteiger partial charge on any atom is 0.0939 e. The summed E-state index contributed by atoms with van der Waals surface area (Å²) < 4.78 is 1.84. The zero-order valence-corrected chi connectivity index (χ0v) is 12.4. The summed E-state index contributed by atoms with van der Waals surface area (Å²) in [6.45, 7) is 2.05. The van der Waals surface area contributed by atoms with E-state index < -0.39 is 0 Å². The molecule has 16 heavy (non-hydrogen) atoms. The fraction of sp³-hybridized carbons (Fsp3) is 0.167. The molecule has 0 bridgehead atoms. The lowest BCUT2D eigenvalue weighted by molar-refractivity contribution is 1.15. The number of benzene rings is 1. The third kappa shape index (κ3) is 2.45. The Balaban J connectivity index is 2.41. The SMILES string of the molecule is Cc1cccc(C(Cl)c2ccc(Cl)s2)c1Br. The summed E-state index contributed by atoms with van der Waals surface area (Å²) in [6.07, 6.45) is 0. The van der Waals surface area contributed by atoms with Crippen LogP contribution in [0.15, 0.2) is 34.8 Å². The van der Waals surface area contributed by atoms with Crippen LogP contribution in [0.2, 0.25) is 4.34 Å². The van der Waals surface area contributed by atoms with Gasteiger partial charge in [-0.2, -0.15) is 0 Å². The van der Waals surface area contributed by atoms with E-state index in [1.807, 2.05) is 24.3 Å². The summed E-state index contributed by atoms with van der Waals surface area (Å²) in [7, 11) is 0. The third-order valence-electron chi connectivity index (χ3n) is 2.34. The molecular formula is C12H9BrCl2S. The Morgan fingerprint density at radius 1 is 1.25 bits per heavy atom. The van der Waals surface area contributed by atoms with Gasteiger partial charge in [0.2, 0.25) is 0 Å². The molecule has 0 nitrogen and oxygen atoms in total. The molecule has 2 aromatic rings. The standard InChI is InChI=1S/C12H9BrCl2S/c1-7-3-2-4-8(11(7)13)12(15)9-5-6-10(14)16-9/h2-6,12H,1H3. The highest BCUT2D eigenvalue weighted by Gasteiger charge is 2.16. The van der Waals surface area contributed by atoms with Gasteiger partial charge in [0.05, 0.1) is 9.71 Å². The van der Waals surface area contributed by atoms with Crippen molar-refractivity contribution in [3.8, 4) is 0 Å². The van der Waals surface area contributed by atoms with E-state index >= 15 is 0 Å². The van der Waals surface area contributed by atoms with Gasteiger partial charge in [-0.05, 0) is 30.2 Å². The monoisotopic (exact) mass is 334 g/mol. The van der Waals surface area contributed by atoms with E-state index in [1.165, 1.54) is 16.9 Å². The normalized spacial score (nSPS) is 12.8. The first kappa shape index (κ1) is 12.4. The van der Waals surface area contributed by atoms with E-state index in [-0.39, 0.29) is 5.38 Å². The molecule has 0 N–H and O–H groups in total. The molecule has 1 heterocycles. The molecule has 0 aliphatic heterocycles. The highest BCUT2D eigenvalue weighted by atomic mass is 79.9. The fourth-order valence-corrected chi connectivity index (χ4v) is 3.55. The van der Waals surface area contributed by atoms with Crippen LogP contribution in [-0.2, 0) is 0 Å². The molecule has 0 fully saturated rings. The lowest BCUT2D eigenvalue weighted by Gasteiger charge is -2.11. The van der Waals surface area contributed by atoms with Crippen LogP contribution in [0, 0.1) is 6.92 Å². The first-order valence-electron chi connectivity index (χ1n) is 4.74. The van der Waals surface area contributed by atoms with Gasteiger partial charge in [-0.15, -0.1) is 22.9 Å². The van der Waals surface area contributed by atoms with Crippen LogP contribution in [0.5, 0.6) is 0 Å². The molecule has 4 heteroatoms. The lowest BCUT2D eigenvalue weighted by atomic mass is 10.1. The summed E-state index contributed by atoms with van der Waals surface area (Å²) in [6, 6.07) is 9.95. The number of halogens is 3. The van der Waals surface area contributed by atoms with E-state index in [1.54, 1.807) is 0 Å². The third-order valence-corrected chi connectivity index (χ3v) is 5.32. The molecule has 0 spiro atoms. The van der Waals surface area contributed by atoms with Crippen LogP contribution < -0.4 is 0 Å². The Morgan fingerprint density at radius 3 is 2.62 bits per heavy atom. The van der Waals surface area contributed by atoms with Crippen molar-refractivity contribution in [1.29, 1.82) is 0 Å². The van der Waals surface area contributed by atoms with Crippen molar-refractivity contribution in [2.75, 3.05) is 0 Å². The van der Waals surface area contributed by atoms with Gasteiger partial charge in [0, 0.05) is 9.35 Å². The second kappa shape index (κ2) is 5.09. The average Bonchev–Trinajstić information content (AvgIpc) is 2.68. The summed E-state index contributed by atoms with van der Waals surface area (Å²) in [5, 5.41) is -0.147. The minimum atomic E-state index is -0.147. The molecule has 0 aliphatic rings. The highest BCUT2D eigenvalue weighted by Crippen LogP contribution is 2.39. The van der Waals surface area contributed by atoms with E-state index in [9.17, 15) is 0 Å². The molecule has 0 aliphatic carbocycles. The number of thiophene rings is 1. The summed E-state index contributed by atoms with van der Waals surface area (Å²) in [4.78, 5) is 1.07. The van der Waals surface area contributed by atoms with Gasteiger partial charge in [0.15, 0.2) is 0 Å². The zero-order chi connectivity index (χ0) is 11.7. The Morgan fingerprint density at radius 2 is 2.00 bits per heavy atom. The maximum atomic E-state index is 6.44. The van der Waals surface area contributed by atoms with Crippen LogP contribution >= 0.6 is 50.5 Å². The number of rotatable bonds is 2. The van der Waals surface area contributed by atoms with E-state index in [0.29, 0.717) is 0 Å². The predicted molar refractivity (Wildman–Crippen MR) is 75.9 cm³/mol. The van der Waals surface area contributed by atoms with E-state index in [0.717, 1.165) is 19.2 Å². The average molecular weight is 336 g/mol. The fourth-order valence-electron chi connectivity index (χ4n) is 1.48. The minimum absolute atomic E-state index is 0.147. The van der Waals surface area contributed by atoms with Gasteiger partial charge in [0.25, 0.3) is 0 Å². The second-order valence-corrected chi connectivity index (χ2v) is 6.46. The van der Waals surface area contributed by atoms with Crippen molar-refractivity contribution in [3.05, 3.63) is 55.1 Å². The first-order chi connectivity index (χ1) is 7.59. The molecule has 1 unspecified atom stereocenters. The quantitative estimate of drug-likeness (QED) is 0.608. The predicted octanol–water partition coefficient (Wildman–Crippen LogP) is 5.80. The maximum absolute atomic E-state index is 6.44. The number of hydrogen-bond acceptors (Lipinski definition) is 1. The number of aryl methyl sites for hydroxylation is 1. The van der Waals surface area contributed by atoms with Crippen LogP contribution in [-0.4, -0.2) is 0 Å². The lowest BCUT2D eigenvalue weighted by Crippen LogP contribution is -1.93. The van der Waals surface area contributed by atoms with E-state index in [4.69, 9.17) is 23.2 Å². The van der Waals surface area contributed by atoms with Crippen molar-refractivity contribution >= 4 is 50.5 Å². The molecule has 0 radical (unpaired) electrons. The van der Waals surface area contributed by atoms with Crippen molar-refractivity contribution in [2.24, 2.45) is 0 Å². The van der Waals surface area contributed by atoms with Gasteiger partial charge in [0.1, 0.15) is 0 Å². The molecule has 2 rings (SSSR count). The summed E-state index contributed by atoms with van der Waals surface area (Å²) in [5.74, 6) is 0. The van der Waals surface area contributed by atoms with E-state index in [2.05, 4.69) is 28.9 Å². The summed E-state index contributed by atoms with van der Waals surface area (Å²) in [5.41, 5.74) is 2.27. The molecule has 1 aromatic carbocycles. The van der Waals surface area contributed by atoms with Crippen molar-refractivity contribution in [2.45, 2.75) is 12.3 Å². The summed E-state index contributed by atoms with van der Waals surface area (Å²) >= 11 is 17.4. The Labute approximate surface area is 117 Å². The second-order valence-electron chi connectivity index (χ2n) is 3.48. The molecule has 1 aromatic heterocycles. The highest BCUT2D eigenvalue weighted by molar-refractivity contribution is 9.10. The van der Waals surface area contributed by atoms with Crippen LogP contribution in [0.3, 0.4) is 0 Å². The van der Waals surface area contributed by atoms with Gasteiger partial charge in [-0.1, -0.05) is 45.7 Å². The zero-order valence-electron chi connectivity index (χ0n) is 8.51. The molecule has 0 amide bonds. The van der Waals surface area contributed by atoms with Crippen molar-refractivity contribution in [1.82, 2.24) is 0 Å². The molecule has 0 saturated carbocycles. The van der Waals surface area contributed by atoms with Crippen LogP contribution in [0.1, 0.15) is 21.4 Å². The number of alkyl halides is 1. The molecule has 84 valence electrons. The smallest absolute Gasteiger partial charge is 0.0939 e. The molecule has 0 saturated heterocycles. The van der Waals surface area contributed by atoms with Crippen LogP contribution in [0.4, 0.5) is 0 Å². The number of hydrogen-bond donors (Lipinski definition) is 0.